The molecule has 1 aromatic rings. The number of fused-ring (bicyclic) bond motifs is 2. The quantitative estimate of drug-likeness (QED) is 0.908. The number of hydrogen-bond acceptors (Lipinski definition) is 2. The highest BCUT2D eigenvalue weighted by Gasteiger charge is 2.36. The lowest BCUT2D eigenvalue weighted by Gasteiger charge is -2.35. The number of halogens is 2. The molecule has 0 aromatic heterocycles. The second-order valence-electron chi connectivity index (χ2n) is 5.84. The Labute approximate surface area is 129 Å². The third kappa shape index (κ3) is 2.80. The number of carbonyl (C=O) groups is 1. The molecule has 2 atom stereocenters. The second kappa shape index (κ2) is 5.55. The van der Waals surface area contributed by atoms with Crippen LogP contribution in [0.5, 0.6) is 0 Å². The number of carbonyl (C=O) groups excluding carboxylic acids is 1. The smallest absolute Gasteiger partial charge is 0.253 e. The maximum atomic E-state index is 12.6. The van der Waals surface area contributed by atoms with Crippen molar-refractivity contribution in [3.63, 3.8) is 0 Å². The van der Waals surface area contributed by atoms with E-state index in [0.29, 0.717) is 33.7 Å². The van der Waals surface area contributed by atoms with E-state index >= 15 is 0 Å². The van der Waals surface area contributed by atoms with Crippen LogP contribution >= 0.6 is 23.2 Å². The average Bonchev–Trinajstić information content (AvgIpc) is 2.74. The molecule has 108 valence electrons. The predicted molar refractivity (Wildman–Crippen MR) is 81.5 cm³/mol. The number of hydrogen-bond donors (Lipinski definition) is 1. The van der Waals surface area contributed by atoms with Crippen molar-refractivity contribution >= 4 is 29.1 Å². The largest absolute Gasteiger partial charge is 0.339 e. The molecule has 3 nitrogen and oxygen atoms in total. The fourth-order valence-corrected chi connectivity index (χ4v) is 3.92. The zero-order valence-corrected chi connectivity index (χ0v) is 12.9. The lowest BCUT2D eigenvalue weighted by molar-refractivity contribution is 0.0681. The Morgan fingerprint density at radius 3 is 2.25 bits per heavy atom. The highest BCUT2D eigenvalue weighted by molar-refractivity contribution is 6.35. The maximum Gasteiger partial charge on any atom is 0.253 e. The molecule has 2 unspecified atom stereocenters. The molecule has 2 fully saturated rings. The molecule has 2 aliphatic heterocycles. The van der Waals surface area contributed by atoms with Crippen LogP contribution in [0.2, 0.25) is 10.0 Å². The Morgan fingerprint density at radius 1 is 1.15 bits per heavy atom. The summed E-state index contributed by atoms with van der Waals surface area (Å²) in [5.41, 5.74) is 0.566. The van der Waals surface area contributed by atoms with E-state index in [0.717, 1.165) is 12.8 Å². The van der Waals surface area contributed by atoms with Gasteiger partial charge in [0.1, 0.15) is 0 Å². The monoisotopic (exact) mass is 312 g/mol. The molecule has 1 amide bonds. The minimum Gasteiger partial charge on any atom is -0.339 e. The van der Waals surface area contributed by atoms with Gasteiger partial charge in [-0.2, -0.15) is 0 Å². The van der Waals surface area contributed by atoms with Gasteiger partial charge in [-0.15, -0.1) is 0 Å². The molecule has 2 bridgehead atoms. The number of piperidine rings is 1. The number of nitrogens with one attached hydrogen (secondary N) is 1. The molecule has 0 aliphatic carbocycles. The molecule has 2 saturated heterocycles. The molecule has 2 aliphatic rings. The third-order valence-corrected chi connectivity index (χ3v) is 4.86. The van der Waals surface area contributed by atoms with Gasteiger partial charge in [-0.1, -0.05) is 23.2 Å². The molecule has 3 rings (SSSR count). The molecule has 1 N–H and O–H groups in total. The van der Waals surface area contributed by atoms with Crippen LogP contribution in [0, 0.1) is 0 Å². The summed E-state index contributed by atoms with van der Waals surface area (Å²) < 4.78 is 0. The molecule has 0 radical (unpaired) electrons. The summed E-state index contributed by atoms with van der Waals surface area (Å²) in [6.07, 6.45) is 4.53. The second-order valence-corrected chi connectivity index (χ2v) is 6.71. The summed E-state index contributed by atoms with van der Waals surface area (Å²) >= 11 is 12.0. The van der Waals surface area contributed by atoms with E-state index in [1.165, 1.54) is 12.8 Å². The molecule has 2 heterocycles. The number of benzene rings is 1. The normalized spacial score (nSPS) is 28.4. The lowest BCUT2D eigenvalue weighted by atomic mass is 9.98. The molecule has 0 saturated carbocycles. The summed E-state index contributed by atoms with van der Waals surface area (Å²) in [5, 5.41) is 4.59. The van der Waals surface area contributed by atoms with Crippen LogP contribution in [0.15, 0.2) is 18.2 Å². The lowest BCUT2D eigenvalue weighted by Crippen LogP contribution is -2.48. The number of rotatable bonds is 2. The van der Waals surface area contributed by atoms with E-state index in [1.807, 2.05) is 11.9 Å². The van der Waals surface area contributed by atoms with Gasteiger partial charge in [0.25, 0.3) is 5.91 Å². The summed E-state index contributed by atoms with van der Waals surface area (Å²) in [4.78, 5) is 14.4. The topological polar surface area (TPSA) is 32.3 Å². The zero-order valence-electron chi connectivity index (χ0n) is 11.4. The van der Waals surface area contributed by atoms with Gasteiger partial charge in [0, 0.05) is 40.8 Å². The fourth-order valence-electron chi connectivity index (χ4n) is 3.39. The van der Waals surface area contributed by atoms with Gasteiger partial charge in [-0.3, -0.25) is 4.79 Å². The maximum absolute atomic E-state index is 12.6. The van der Waals surface area contributed by atoms with Crippen LogP contribution in [-0.4, -0.2) is 36.0 Å². The minimum atomic E-state index is 0.000648. The van der Waals surface area contributed by atoms with Crippen LogP contribution in [-0.2, 0) is 0 Å². The number of nitrogens with zero attached hydrogens (tertiary/aromatic N) is 1. The Morgan fingerprint density at radius 2 is 1.70 bits per heavy atom. The Balaban J connectivity index is 1.76. The van der Waals surface area contributed by atoms with Crippen molar-refractivity contribution in [1.29, 1.82) is 0 Å². The van der Waals surface area contributed by atoms with Crippen molar-refractivity contribution in [2.24, 2.45) is 0 Å². The first kappa shape index (κ1) is 14.2. The van der Waals surface area contributed by atoms with Gasteiger partial charge < -0.3 is 10.2 Å². The molecule has 20 heavy (non-hydrogen) atoms. The van der Waals surface area contributed by atoms with Gasteiger partial charge >= 0.3 is 0 Å². The first-order chi connectivity index (χ1) is 9.52. The third-order valence-electron chi connectivity index (χ3n) is 4.43. The van der Waals surface area contributed by atoms with Gasteiger partial charge in [0.2, 0.25) is 0 Å². The van der Waals surface area contributed by atoms with Gasteiger partial charge in [0.05, 0.1) is 0 Å². The summed E-state index contributed by atoms with van der Waals surface area (Å²) in [7, 11) is 1.88. The van der Waals surface area contributed by atoms with Crippen molar-refractivity contribution in [2.45, 2.75) is 43.8 Å². The molecular formula is C15H18Cl2N2O. The molecule has 1 aromatic carbocycles. The van der Waals surface area contributed by atoms with E-state index in [2.05, 4.69) is 5.32 Å². The zero-order chi connectivity index (χ0) is 14.3. The first-order valence-electron chi connectivity index (χ1n) is 7.02. The summed E-state index contributed by atoms with van der Waals surface area (Å²) in [6, 6.07) is 6.45. The highest BCUT2D eigenvalue weighted by atomic mass is 35.5. The predicted octanol–water partition coefficient (Wildman–Crippen LogP) is 3.35. The van der Waals surface area contributed by atoms with E-state index in [-0.39, 0.29) is 5.91 Å². The Hall–Kier alpha value is -0.770. The summed E-state index contributed by atoms with van der Waals surface area (Å²) in [6.45, 7) is 0. The average molecular weight is 313 g/mol. The van der Waals surface area contributed by atoms with Crippen molar-refractivity contribution < 1.29 is 4.79 Å². The van der Waals surface area contributed by atoms with Crippen LogP contribution in [0.4, 0.5) is 0 Å². The van der Waals surface area contributed by atoms with Crippen molar-refractivity contribution in [3.8, 4) is 0 Å². The van der Waals surface area contributed by atoms with E-state index < -0.39 is 0 Å². The number of amides is 1. The molecular weight excluding hydrogens is 295 g/mol. The van der Waals surface area contributed by atoms with E-state index in [9.17, 15) is 4.79 Å². The molecule has 5 heteroatoms. The van der Waals surface area contributed by atoms with Crippen molar-refractivity contribution in [3.05, 3.63) is 33.8 Å². The van der Waals surface area contributed by atoms with Crippen LogP contribution in [0.1, 0.15) is 36.0 Å². The van der Waals surface area contributed by atoms with Gasteiger partial charge in [-0.25, -0.2) is 0 Å². The van der Waals surface area contributed by atoms with Gasteiger partial charge in [0.15, 0.2) is 0 Å². The van der Waals surface area contributed by atoms with E-state index in [4.69, 9.17) is 23.2 Å². The molecule has 0 spiro atoms. The highest BCUT2D eigenvalue weighted by Crippen LogP contribution is 2.30. The van der Waals surface area contributed by atoms with Crippen molar-refractivity contribution in [1.82, 2.24) is 10.2 Å². The standard InChI is InChI=1S/C15H18Cl2N2O/c1-19(14-7-12-2-3-13(8-14)18-12)15(20)9-4-10(16)6-11(17)5-9/h4-6,12-14,18H,2-3,7-8H2,1H3. The first-order valence-corrected chi connectivity index (χ1v) is 7.78. The summed E-state index contributed by atoms with van der Waals surface area (Å²) in [5.74, 6) is 0.000648. The SMILES string of the molecule is CN(C(=O)c1cc(Cl)cc(Cl)c1)C1CC2CCC(C1)N2. The van der Waals surface area contributed by atoms with Crippen LogP contribution in [0.25, 0.3) is 0 Å². The fraction of sp³-hybridized carbons (Fsp3) is 0.533. The Bertz CT molecular complexity index is 502. The van der Waals surface area contributed by atoms with Crippen molar-refractivity contribution in [2.75, 3.05) is 7.05 Å². The van der Waals surface area contributed by atoms with E-state index in [1.54, 1.807) is 18.2 Å². The van der Waals surface area contributed by atoms with Crippen LogP contribution < -0.4 is 5.32 Å². The van der Waals surface area contributed by atoms with Gasteiger partial charge in [-0.05, 0) is 43.9 Å². The van der Waals surface area contributed by atoms with Crippen LogP contribution in [0.3, 0.4) is 0 Å². The minimum absolute atomic E-state index is 0.000648. The Kier molecular flexibility index (Phi) is 3.93.